The third-order valence-electron chi connectivity index (χ3n) is 4.31. The molecule has 0 aromatic rings. The molecule has 19 heavy (non-hydrogen) atoms. The highest BCUT2D eigenvalue weighted by molar-refractivity contribution is 4.97. The first-order valence-electron chi connectivity index (χ1n) is 7.55. The van der Waals surface area contributed by atoms with Crippen molar-refractivity contribution in [2.45, 2.75) is 51.2 Å². The molecule has 1 aliphatic rings. The van der Waals surface area contributed by atoms with Gasteiger partial charge in [-0.05, 0) is 31.6 Å². The highest BCUT2D eigenvalue weighted by atomic mass is 16.5. The van der Waals surface area contributed by atoms with Crippen LogP contribution in [0.1, 0.15) is 39.5 Å². The molecule has 1 aliphatic carbocycles. The summed E-state index contributed by atoms with van der Waals surface area (Å²) in [4.78, 5) is 2.55. The van der Waals surface area contributed by atoms with Crippen LogP contribution >= 0.6 is 0 Å². The highest BCUT2D eigenvalue weighted by Gasteiger charge is 2.40. The lowest BCUT2D eigenvalue weighted by atomic mass is 9.78. The van der Waals surface area contributed by atoms with Gasteiger partial charge in [0.15, 0.2) is 0 Å². The first kappa shape index (κ1) is 16.9. The highest BCUT2D eigenvalue weighted by Crippen LogP contribution is 2.34. The number of ether oxygens (including phenoxy) is 2. The summed E-state index contributed by atoms with van der Waals surface area (Å²) in [7, 11) is 3.58. The van der Waals surface area contributed by atoms with Crippen LogP contribution in [0.25, 0.3) is 0 Å². The molecule has 1 fully saturated rings. The van der Waals surface area contributed by atoms with Crippen LogP contribution in [-0.4, -0.2) is 57.0 Å². The SMILES string of the molecule is COCCN(CC(C)C)C1(CN)CCCC(OC)C1. The normalized spacial score (nSPS) is 28.3. The zero-order valence-corrected chi connectivity index (χ0v) is 13.2. The molecule has 4 heteroatoms. The average Bonchev–Trinajstić information content (AvgIpc) is 2.42. The molecule has 0 radical (unpaired) electrons. The quantitative estimate of drug-likeness (QED) is 0.733. The van der Waals surface area contributed by atoms with Crippen molar-refractivity contribution in [3.05, 3.63) is 0 Å². The van der Waals surface area contributed by atoms with Gasteiger partial charge in [0, 0.05) is 39.4 Å². The first-order valence-corrected chi connectivity index (χ1v) is 7.55. The molecule has 0 heterocycles. The van der Waals surface area contributed by atoms with E-state index < -0.39 is 0 Å². The van der Waals surface area contributed by atoms with Crippen molar-refractivity contribution >= 4 is 0 Å². The summed E-state index contributed by atoms with van der Waals surface area (Å²) in [6.07, 6.45) is 4.96. The standard InChI is InChI=1S/C15H32N2O2/c1-13(2)11-17(8-9-18-3)15(12-16)7-5-6-14(10-15)19-4/h13-14H,5-12,16H2,1-4H3. The third-order valence-corrected chi connectivity index (χ3v) is 4.31. The summed E-state index contributed by atoms with van der Waals surface area (Å²) < 4.78 is 10.9. The summed E-state index contributed by atoms with van der Waals surface area (Å²) in [6.45, 7) is 8.05. The predicted molar refractivity (Wildman–Crippen MR) is 79.3 cm³/mol. The minimum atomic E-state index is 0.0989. The number of hydrogen-bond acceptors (Lipinski definition) is 4. The number of nitrogens with zero attached hydrogens (tertiary/aromatic N) is 1. The predicted octanol–water partition coefficient (Wildman–Crippen LogP) is 1.88. The van der Waals surface area contributed by atoms with Crippen LogP contribution in [0.4, 0.5) is 0 Å². The molecule has 1 rings (SSSR count). The Labute approximate surface area is 118 Å². The van der Waals surface area contributed by atoms with Crippen molar-refractivity contribution in [2.75, 3.05) is 40.5 Å². The summed E-state index contributed by atoms with van der Waals surface area (Å²) in [5, 5.41) is 0. The largest absolute Gasteiger partial charge is 0.383 e. The van der Waals surface area contributed by atoms with Crippen molar-refractivity contribution in [1.29, 1.82) is 0 Å². The van der Waals surface area contributed by atoms with Crippen molar-refractivity contribution in [3.63, 3.8) is 0 Å². The van der Waals surface area contributed by atoms with Gasteiger partial charge in [0.25, 0.3) is 0 Å². The van der Waals surface area contributed by atoms with Crippen molar-refractivity contribution in [3.8, 4) is 0 Å². The second-order valence-electron chi connectivity index (χ2n) is 6.22. The van der Waals surface area contributed by atoms with E-state index in [0.29, 0.717) is 18.6 Å². The van der Waals surface area contributed by atoms with E-state index in [2.05, 4.69) is 18.7 Å². The number of rotatable bonds is 8. The molecule has 0 bridgehead atoms. The fourth-order valence-electron chi connectivity index (χ4n) is 3.25. The summed E-state index contributed by atoms with van der Waals surface area (Å²) in [5.41, 5.74) is 6.26. The van der Waals surface area contributed by atoms with E-state index in [1.165, 1.54) is 12.8 Å². The fraction of sp³-hybridized carbons (Fsp3) is 1.00. The molecule has 0 amide bonds. The van der Waals surface area contributed by atoms with E-state index in [1.54, 1.807) is 7.11 Å². The fourth-order valence-corrected chi connectivity index (χ4v) is 3.25. The van der Waals surface area contributed by atoms with Crippen LogP contribution in [0.3, 0.4) is 0 Å². The summed E-state index contributed by atoms with van der Waals surface area (Å²) >= 11 is 0. The van der Waals surface area contributed by atoms with Gasteiger partial charge in [0.2, 0.25) is 0 Å². The minimum Gasteiger partial charge on any atom is -0.383 e. The van der Waals surface area contributed by atoms with Gasteiger partial charge in [-0.3, -0.25) is 4.90 Å². The molecule has 1 saturated carbocycles. The molecule has 2 unspecified atom stereocenters. The van der Waals surface area contributed by atoms with E-state index in [-0.39, 0.29) is 5.54 Å². The molecule has 2 N–H and O–H groups in total. The van der Waals surface area contributed by atoms with Gasteiger partial charge in [-0.2, -0.15) is 0 Å². The van der Waals surface area contributed by atoms with E-state index in [9.17, 15) is 0 Å². The van der Waals surface area contributed by atoms with Crippen LogP contribution in [0.15, 0.2) is 0 Å². The molecule has 0 aromatic heterocycles. The summed E-state index contributed by atoms with van der Waals surface area (Å²) in [6, 6.07) is 0. The molecule has 0 saturated heterocycles. The minimum absolute atomic E-state index is 0.0989. The average molecular weight is 272 g/mol. The van der Waals surface area contributed by atoms with Crippen LogP contribution in [0.5, 0.6) is 0 Å². The Hall–Kier alpha value is -0.160. The molecule has 114 valence electrons. The molecule has 0 spiro atoms. The molecular weight excluding hydrogens is 240 g/mol. The lowest BCUT2D eigenvalue weighted by Gasteiger charge is -2.48. The molecule has 0 aromatic carbocycles. The molecule has 2 atom stereocenters. The monoisotopic (exact) mass is 272 g/mol. The number of nitrogens with two attached hydrogens (primary N) is 1. The second-order valence-corrected chi connectivity index (χ2v) is 6.22. The maximum Gasteiger partial charge on any atom is 0.0589 e. The summed E-state index contributed by atoms with van der Waals surface area (Å²) in [5.74, 6) is 0.642. The molecular formula is C15H32N2O2. The van der Waals surface area contributed by atoms with Crippen molar-refractivity contribution < 1.29 is 9.47 Å². The Morgan fingerprint density at radius 3 is 2.63 bits per heavy atom. The lowest BCUT2D eigenvalue weighted by molar-refractivity contribution is -0.0337. The topological polar surface area (TPSA) is 47.7 Å². The van der Waals surface area contributed by atoms with Gasteiger partial charge in [0.05, 0.1) is 12.7 Å². The van der Waals surface area contributed by atoms with Crippen molar-refractivity contribution in [2.24, 2.45) is 11.7 Å². The van der Waals surface area contributed by atoms with Crippen molar-refractivity contribution in [1.82, 2.24) is 4.90 Å². The van der Waals surface area contributed by atoms with Gasteiger partial charge in [-0.1, -0.05) is 13.8 Å². The van der Waals surface area contributed by atoms with Gasteiger partial charge in [0.1, 0.15) is 0 Å². The number of hydrogen-bond donors (Lipinski definition) is 1. The zero-order chi connectivity index (χ0) is 14.3. The third kappa shape index (κ3) is 4.71. The maximum absolute atomic E-state index is 6.17. The Balaban J connectivity index is 2.79. The maximum atomic E-state index is 6.17. The van der Waals surface area contributed by atoms with Crippen LogP contribution in [0, 0.1) is 5.92 Å². The number of methoxy groups -OCH3 is 2. The Bertz CT molecular complexity index is 248. The van der Waals surface area contributed by atoms with Gasteiger partial charge < -0.3 is 15.2 Å². The van der Waals surface area contributed by atoms with Gasteiger partial charge >= 0.3 is 0 Å². The van der Waals surface area contributed by atoms with Crippen LogP contribution < -0.4 is 5.73 Å². The van der Waals surface area contributed by atoms with Crippen LogP contribution in [0.2, 0.25) is 0 Å². The van der Waals surface area contributed by atoms with E-state index in [0.717, 1.165) is 32.5 Å². The first-order chi connectivity index (χ1) is 9.07. The van der Waals surface area contributed by atoms with E-state index in [4.69, 9.17) is 15.2 Å². The van der Waals surface area contributed by atoms with Crippen LogP contribution in [-0.2, 0) is 9.47 Å². The zero-order valence-electron chi connectivity index (χ0n) is 13.2. The Morgan fingerprint density at radius 2 is 2.11 bits per heavy atom. The second kappa shape index (κ2) is 8.20. The van der Waals surface area contributed by atoms with E-state index >= 15 is 0 Å². The Morgan fingerprint density at radius 1 is 1.37 bits per heavy atom. The van der Waals surface area contributed by atoms with E-state index in [1.807, 2.05) is 7.11 Å². The smallest absolute Gasteiger partial charge is 0.0589 e. The lowest BCUT2D eigenvalue weighted by Crippen LogP contribution is -2.59. The Kier molecular flexibility index (Phi) is 7.29. The van der Waals surface area contributed by atoms with Gasteiger partial charge in [-0.25, -0.2) is 0 Å². The van der Waals surface area contributed by atoms with Gasteiger partial charge in [-0.15, -0.1) is 0 Å². The molecule has 0 aliphatic heterocycles. The molecule has 4 nitrogen and oxygen atoms in total.